The van der Waals surface area contributed by atoms with Crippen LogP contribution in [0.2, 0.25) is 0 Å². The minimum atomic E-state index is 0.160. The van der Waals surface area contributed by atoms with Gasteiger partial charge in [0.05, 0.1) is 0 Å². The van der Waals surface area contributed by atoms with Gasteiger partial charge in [0.15, 0.2) is 5.17 Å². The molecular formula is C11H13BrN2S. The van der Waals surface area contributed by atoms with Crippen LogP contribution in [0.15, 0.2) is 34.8 Å². The van der Waals surface area contributed by atoms with Crippen molar-refractivity contribution in [3.63, 3.8) is 0 Å². The number of allylic oxidation sites excluding steroid dienone is 1. The highest BCUT2D eigenvalue weighted by Crippen LogP contribution is 2.19. The third kappa shape index (κ3) is 4.53. The standard InChI is InChI=1S/C11H13BrN2S/c1-8(5-6-15-11(13)14)9-3-2-4-10(12)7-9/h2-5,7H,6H2,1H3,(H3,13,14). The van der Waals surface area contributed by atoms with E-state index in [-0.39, 0.29) is 5.17 Å². The Labute approximate surface area is 103 Å². The number of hydrogen-bond donors (Lipinski definition) is 2. The molecule has 2 nitrogen and oxygen atoms in total. The highest BCUT2D eigenvalue weighted by atomic mass is 79.9. The highest BCUT2D eigenvalue weighted by Gasteiger charge is 1.96. The highest BCUT2D eigenvalue weighted by molar-refractivity contribution is 9.10. The molecule has 0 aliphatic heterocycles. The van der Waals surface area contributed by atoms with Crippen molar-refractivity contribution in [3.05, 3.63) is 40.4 Å². The molecule has 0 heterocycles. The smallest absolute Gasteiger partial charge is 0.151 e. The molecule has 1 rings (SSSR count). The number of rotatable bonds is 3. The van der Waals surface area contributed by atoms with Crippen LogP contribution < -0.4 is 5.73 Å². The number of hydrogen-bond acceptors (Lipinski definition) is 2. The third-order valence-corrected chi connectivity index (χ3v) is 3.05. The van der Waals surface area contributed by atoms with Gasteiger partial charge in [-0.25, -0.2) is 0 Å². The van der Waals surface area contributed by atoms with Crippen LogP contribution in [-0.4, -0.2) is 10.9 Å². The average Bonchev–Trinajstić information content (AvgIpc) is 2.17. The first-order valence-electron chi connectivity index (χ1n) is 4.49. The van der Waals surface area contributed by atoms with E-state index in [0.29, 0.717) is 0 Å². The molecule has 3 N–H and O–H groups in total. The van der Waals surface area contributed by atoms with Gasteiger partial charge in [0.25, 0.3) is 0 Å². The van der Waals surface area contributed by atoms with E-state index in [2.05, 4.69) is 41.1 Å². The summed E-state index contributed by atoms with van der Waals surface area (Å²) in [6, 6.07) is 8.15. The second-order valence-corrected chi connectivity index (χ2v) is 5.05. The van der Waals surface area contributed by atoms with Crippen molar-refractivity contribution in [1.29, 1.82) is 5.41 Å². The fourth-order valence-corrected chi connectivity index (χ4v) is 2.02. The SMILES string of the molecule is CC(=CCSC(=N)N)c1cccc(Br)c1. The molecule has 0 bridgehead atoms. The summed E-state index contributed by atoms with van der Waals surface area (Å²) in [6.07, 6.45) is 2.08. The zero-order valence-electron chi connectivity index (χ0n) is 8.46. The van der Waals surface area contributed by atoms with Gasteiger partial charge in [0, 0.05) is 10.2 Å². The third-order valence-electron chi connectivity index (χ3n) is 1.91. The Morgan fingerprint density at radius 2 is 2.33 bits per heavy atom. The number of thioether (sulfide) groups is 1. The molecule has 0 radical (unpaired) electrons. The molecule has 0 fully saturated rings. The van der Waals surface area contributed by atoms with Crippen LogP contribution in [0.3, 0.4) is 0 Å². The molecule has 1 aromatic carbocycles. The van der Waals surface area contributed by atoms with Gasteiger partial charge in [-0.05, 0) is 30.2 Å². The minimum Gasteiger partial charge on any atom is -0.379 e. The summed E-state index contributed by atoms with van der Waals surface area (Å²) in [4.78, 5) is 0. The van der Waals surface area contributed by atoms with Gasteiger partial charge in [-0.3, -0.25) is 5.41 Å². The summed E-state index contributed by atoms with van der Waals surface area (Å²) < 4.78 is 1.08. The maximum atomic E-state index is 7.08. The van der Waals surface area contributed by atoms with Crippen LogP contribution in [0.4, 0.5) is 0 Å². The van der Waals surface area contributed by atoms with Gasteiger partial charge in [-0.15, -0.1) is 0 Å². The predicted octanol–water partition coefficient (Wildman–Crippen LogP) is 3.48. The monoisotopic (exact) mass is 284 g/mol. The van der Waals surface area contributed by atoms with E-state index in [1.165, 1.54) is 22.9 Å². The Morgan fingerprint density at radius 3 is 2.93 bits per heavy atom. The quantitative estimate of drug-likeness (QED) is 0.660. The number of halogens is 1. The van der Waals surface area contributed by atoms with Gasteiger partial charge in [-0.2, -0.15) is 0 Å². The van der Waals surface area contributed by atoms with Crippen molar-refractivity contribution in [2.75, 3.05) is 5.75 Å². The van der Waals surface area contributed by atoms with Gasteiger partial charge in [0.1, 0.15) is 0 Å². The Hall–Kier alpha value is -0.740. The molecular weight excluding hydrogens is 272 g/mol. The number of benzene rings is 1. The Bertz CT molecular complexity index is 388. The second kappa shape index (κ2) is 5.98. The van der Waals surface area contributed by atoms with E-state index in [1.54, 1.807) is 0 Å². The first-order chi connectivity index (χ1) is 7.09. The summed E-state index contributed by atoms with van der Waals surface area (Å²) in [7, 11) is 0. The molecule has 0 aliphatic rings. The summed E-state index contributed by atoms with van der Waals surface area (Å²) >= 11 is 4.77. The largest absolute Gasteiger partial charge is 0.379 e. The zero-order chi connectivity index (χ0) is 11.3. The van der Waals surface area contributed by atoms with E-state index in [4.69, 9.17) is 11.1 Å². The maximum Gasteiger partial charge on any atom is 0.151 e. The Balaban J connectivity index is 2.67. The topological polar surface area (TPSA) is 49.9 Å². The van der Waals surface area contributed by atoms with Crippen LogP contribution in [0.25, 0.3) is 5.57 Å². The second-order valence-electron chi connectivity index (χ2n) is 3.07. The molecule has 0 saturated heterocycles. The summed E-state index contributed by atoms with van der Waals surface area (Å²) in [5, 5.41) is 7.24. The normalized spacial score (nSPS) is 11.5. The van der Waals surface area contributed by atoms with Gasteiger partial charge >= 0.3 is 0 Å². The molecule has 0 amide bonds. The fourth-order valence-electron chi connectivity index (χ4n) is 1.11. The summed E-state index contributed by atoms with van der Waals surface area (Å²) in [5.41, 5.74) is 7.64. The van der Waals surface area contributed by atoms with E-state index in [1.807, 2.05) is 12.1 Å². The molecule has 15 heavy (non-hydrogen) atoms. The molecule has 0 atom stereocenters. The van der Waals surface area contributed by atoms with Crippen molar-refractivity contribution >= 4 is 38.4 Å². The van der Waals surface area contributed by atoms with E-state index in [0.717, 1.165) is 10.2 Å². The van der Waals surface area contributed by atoms with Crippen molar-refractivity contribution in [3.8, 4) is 0 Å². The fraction of sp³-hybridized carbons (Fsp3) is 0.182. The lowest BCUT2D eigenvalue weighted by Crippen LogP contribution is -2.03. The molecule has 0 saturated carbocycles. The van der Waals surface area contributed by atoms with Crippen LogP contribution in [-0.2, 0) is 0 Å². The van der Waals surface area contributed by atoms with Gasteiger partial charge in [-0.1, -0.05) is 45.9 Å². The lowest BCUT2D eigenvalue weighted by molar-refractivity contribution is 1.50. The summed E-state index contributed by atoms with van der Waals surface area (Å²) in [6.45, 7) is 2.06. The number of amidine groups is 1. The van der Waals surface area contributed by atoms with Crippen LogP contribution in [0.5, 0.6) is 0 Å². The van der Waals surface area contributed by atoms with E-state index >= 15 is 0 Å². The van der Waals surface area contributed by atoms with E-state index < -0.39 is 0 Å². The minimum absolute atomic E-state index is 0.160. The number of nitrogens with two attached hydrogens (primary N) is 1. The van der Waals surface area contributed by atoms with Gasteiger partial charge in [0.2, 0.25) is 0 Å². The van der Waals surface area contributed by atoms with Crippen molar-refractivity contribution < 1.29 is 0 Å². The molecule has 0 unspecified atom stereocenters. The van der Waals surface area contributed by atoms with Crippen LogP contribution in [0, 0.1) is 5.41 Å². The lowest BCUT2D eigenvalue weighted by Gasteiger charge is -2.02. The zero-order valence-corrected chi connectivity index (χ0v) is 10.9. The average molecular weight is 285 g/mol. The molecule has 0 aliphatic carbocycles. The van der Waals surface area contributed by atoms with Crippen LogP contribution in [0.1, 0.15) is 12.5 Å². The van der Waals surface area contributed by atoms with Crippen LogP contribution >= 0.6 is 27.7 Å². The first kappa shape index (κ1) is 12.3. The predicted molar refractivity (Wildman–Crippen MR) is 72.2 cm³/mol. The van der Waals surface area contributed by atoms with Gasteiger partial charge < -0.3 is 5.73 Å². The Kier molecular flexibility index (Phi) is 4.91. The maximum absolute atomic E-state index is 7.08. The molecule has 80 valence electrons. The van der Waals surface area contributed by atoms with Crippen molar-refractivity contribution in [2.45, 2.75) is 6.92 Å². The van der Waals surface area contributed by atoms with E-state index in [9.17, 15) is 0 Å². The Morgan fingerprint density at radius 1 is 1.60 bits per heavy atom. The molecule has 4 heteroatoms. The number of nitrogens with one attached hydrogen (secondary N) is 1. The summed E-state index contributed by atoms with van der Waals surface area (Å²) in [5.74, 6) is 0.744. The molecule has 1 aromatic rings. The van der Waals surface area contributed by atoms with Crippen molar-refractivity contribution in [2.24, 2.45) is 5.73 Å². The lowest BCUT2D eigenvalue weighted by atomic mass is 10.1. The van der Waals surface area contributed by atoms with Crippen molar-refractivity contribution in [1.82, 2.24) is 0 Å². The molecule has 0 aromatic heterocycles. The first-order valence-corrected chi connectivity index (χ1v) is 6.27. The molecule has 0 spiro atoms.